The predicted molar refractivity (Wildman–Crippen MR) is 74.8 cm³/mol. The molecule has 16 heavy (non-hydrogen) atoms. The normalized spacial score (nSPS) is 17.2. The number of rotatable bonds is 2. The average Bonchev–Trinajstić information content (AvgIpc) is 2.57. The fourth-order valence-corrected chi connectivity index (χ4v) is 2.90. The Hall–Kier alpha value is -0.210. The van der Waals surface area contributed by atoms with Crippen molar-refractivity contribution in [2.24, 2.45) is 0 Å². The first-order valence-corrected chi connectivity index (χ1v) is 7.40. The second-order valence-electron chi connectivity index (χ2n) is 4.31. The number of anilines is 1. The molecule has 88 valence electrons. The minimum absolute atomic E-state index is 0.837. The maximum atomic E-state index is 6.09. The van der Waals surface area contributed by atoms with Crippen LogP contribution in [0.25, 0.3) is 0 Å². The van der Waals surface area contributed by atoms with Crippen molar-refractivity contribution < 1.29 is 0 Å². The summed E-state index contributed by atoms with van der Waals surface area (Å²) in [5.74, 6) is 0. The van der Waals surface area contributed by atoms with E-state index in [0.717, 1.165) is 10.4 Å². The third-order valence-electron chi connectivity index (χ3n) is 3.14. The van der Waals surface area contributed by atoms with Crippen LogP contribution < -0.4 is 4.90 Å². The van der Waals surface area contributed by atoms with Crippen molar-refractivity contribution in [1.82, 2.24) is 0 Å². The molecular formula is C13H17BrClN. The van der Waals surface area contributed by atoms with Crippen LogP contribution in [0.3, 0.4) is 0 Å². The Morgan fingerprint density at radius 2 is 1.81 bits per heavy atom. The van der Waals surface area contributed by atoms with Gasteiger partial charge in [-0.25, -0.2) is 0 Å². The lowest BCUT2D eigenvalue weighted by Gasteiger charge is -2.25. The maximum Gasteiger partial charge on any atom is 0.0426 e. The Morgan fingerprint density at radius 3 is 2.44 bits per heavy atom. The van der Waals surface area contributed by atoms with E-state index in [0.29, 0.717) is 0 Å². The lowest BCUT2D eigenvalue weighted by Crippen LogP contribution is -2.24. The molecule has 1 nitrogen and oxygen atoms in total. The average molecular weight is 303 g/mol. The number of hydrogen-bond acceptors (Lipinski definition) is 1. The van der Waals surface area contributed by atoms with Crippen molar-refractivity contribution in [1.29, 1.82) is 0 Å². The Balaban J connectivity index is 2.25. The first kappa shape index (κ1) is 12.3. The van der Waals surface area contributed by atoms with Crippen LogP contribution in [0.2, 0.25) is 5.02 Å². The molecule has 3 heteroatoms. The highest BCUT2D eigenvalue weighted by molar-refractivity contribution is 9.08. The van der Waals surface area contributed by atoms with Crippen LogP contribution in [0.4, 0.5) is 5.69 Å². The van der Waals surface area contributed by atoms with E-state index in [2.05, 4.69) is 33.0 Å². The fraction of sp³-hybridized carbons (Fsp3) is 0.538. The van der Waals surface area contributed by atoms with Crippen molar-refractivity contribution in [3.8, 4) is 0 Å². The van der Waals surface area contributed by atoms with Gasteiger partial charge in [-0.15, -0.1) is 0 Å². The summed E-state index contributed by atoms with van der Waals surface area (Å²) in [5, 5.41) is 1.74. The zero-order valence-corrected chi connectivity index (χ0v) is 11.7. The molecule has 0 N–H and O–H groups in total. The van der Waals surface area contributed by atoms with Gasteiger partial charge in [0.1, 0.15) is 0 Å². The van der Waals surface area contributed by atoms with E-state index in [1.165, 1.54) is 50.0 Å². The summed E-state index contributed by atoms with van der Waals surface area (Å²) >= 11 is 9.64. The summed E-state index contributed by atoms with van der Waals surface area (Å²) in [7, 11) is 0. The molecule has 0 unspecified atom stereocenters. The Bertz CT molecular complexity index is 346. The molecule has 0 saturated carbocycles. The smallest absolute Gasteiger partial charge is 0.0426 e. The van der Waals surface area contributed by atoms with Crippen LogP contribution in [0.15, 0.2) is 18.2 Å². The van der Waals surface area contributed by atoms with Crippen molar-refractivity contribution in [2.75, 3.05) is 18.0 Å². The lowest BCUT2D eigenvalue weighted by atomic mass is 10.1. The van der Waals surface area contributed by atoms with Gasteiger partial charge in [0.2, 0.25) is 0 Å². The first-order chi connectivity index (χ1) is 7.81. The molecule has 1 aliphatic heterocycles. The number of halogens is 2. The Kier molecular flexibility index (Phi) is 4.54. The minimum atomic E-state index is 0.837. The molecular weight excluding hydrogens is 286 g/mol. The fourth-order valence-electron chi connectivity index (χ4n) is 2.26. The molecule has 0 aromatic heterocycles. The van der Waals surface area contributed by atoms with E-state index in [1.54, 1.807) is 0 Å². The monoisotopic (exact) mass is 301 g/mol. The highest BCUT2D eigenvalue weighted by atomic mass is 79.9. The van der Waals surface area contributed by atoms with Gasteiger partial charge < -0.3 is 4.90 Å². The SMILES string of the molecule is Clc1ccc(CBr)c(N2CCCCCC2)c1. The highest BCUT2D eigenvalue weighted by Crippen LogP contribution is 2.28. The quantitative estimate of drug-likeness (QED) is 0.721. The molecule has 0 amide bonds. The zero-order valence-electron chi connectivity index (χ0n) is 9.38. The van der Waals surface area contributed by atoms with E-state index in [1.807, 2.05) is 6.07 Å². The van der Waals surface area contributed by atoms with E-state index in [-0.39, 0.29) is 0 Å². The topological polar surface area (TPSA) is 3.24 Å². The summed E-state index contributed by atoms with van der Waals surface area (Å²) in [6.07, 6.45) is 5.32. The number of alkyl halides is 1. The Morgan fingerprint density at radius 1 is 1.12 bits per heavy atom. The summed E-state index contributed by atoms with van der Waals surface area (Å²) < 4.78 is 0. The van der Waals surface area contributed by atoms with Gasteiger partial charge in [0.25, 0.3) is 0 Å². The summed E-state index contributed by atoms with van der Waals surface area (Å²) in [6, 6.07) is 6.19. The van der Waals surface area contributed by atoms with Gasteiger partial charge in [-0.3, -0.25) is 0 Å². The van der Waals surface area contributed by atoms with Crippen molar-refractivity contribution in [3.63, 3.8) is 0 Å². The van der Waals surface area contributed by atoms with Gasteiger partial charge in [0, 0.05) is 29.1 Å². The van der Waals surface area contributed by atoms with E-state index in [4.69, 9.17) is 11.6 Å². The van der Waals surface area contributed by atoms with Crippen LogP contribution in [-0.4, -0.2) is 13.1 Å². The van der Waals surface area contributed by atoms with Crippen molar-refractivity contribution in [2.45, 2.75) is 31.0 Å². The molecule has 1 aliphatic rings. The van der Waals surface area contributed by atoms with Gasteiger partial charge in [-0.2, -0.15) is 0 Å². The molecule has 1 aromatic rings. The van der Waals surface area contributed by atoms with Crippen molar-refractivity contribution >= 4 is 33.2 Å². The van der Waals surface area contributed by atoms with Crippen LogP contribution in [0.1, 0.15) is 31.2 Å². The van der Waals surface area contributed by atoms with Gasteiger partial charge >= 0.3 is 0 Å². The number of nitrogens with zero attached hydrogens (tertiary/aromatic N) is 1. The standard InChI is InChI=1S/C13H17BrClN/c14-10-11-5-6-12(15)9-13(11)16-7-3-1-2-4-8-16/h5-6,9H,1-4,7-8,10H2. The highest BCUT2D eigenvalue weighted by Gasteiger charge is 2.13. The van der Waals surface area contributed by atoms with Gasteiger partial charge in [0.05, 0.1) is 0 Å². The summed E-state index contributed by atoms with van der Waals surface area (Å²) in [5.41, 5.74) is 2.65. The second-order valence-corrected chi connectivity index (χ2v) is 5.31. The van der Waals surface area contributed by atoms with Crippen molar-refractivity contribution in [3.05, 3.63) is 28.8 Å². The third kappa shape index (κ3) is 2.92. The summed E-state index contributed by atoms with van der Waals surface area (Å²) in [4.78, 5) is 2.48. The second kappa shape index (κ2) is 5.92. The third-order valence-corrected chi connectivity index (χ3v) is 3.98. The van der Waals surface area contributed by atoms with Crippen LogP contribution >= 0.6 is 27.5 Å². The van der Waals surface area contributed by atoms with Gasteiger partial charge in [-0.1, -0.05) is 46.4 Å². The lowest BCUT2D eigenvalue weighted by molar-refractivity contribution is 0.726. The Labute approximate surface area is 111 Å². The van der Waals surface area contributed by atoms with Crippen LogP contribution in [-0.2, 0) is 5.33 Å². The zero-order chi connectivity index (χ0) is 11.4. The molecule has 2 rings (SSSR count). The molecule has 0 radical (unpaired) electrons. The molecule has 0 atom stereocenters. The van der Waals surface area contributed by atoms with Crippen LogP contribution in [0, 0.1) is 0 Å². The van der Waals surface area contributed by atoms with Gasteiger partial charge in [0.15, 0.2) is 0 Å². The number of benzene rings is 1. The molecule has 0 aliphatic carbocycles. The molecule has 1 aromatic carbocycles. The van der Waals surface area contributed by atoms with E-state index >= 15 is 0 Å². The number of hydrogen-bond donors (Lipinski definition) is 0. The minimum Gasteiger partial charge on any atom is -0.371 e. The van der Waals surface area contributed by atoms with Gasteiger partial charge in [-0.05, 0) is 30.5 Å². The molecule has 1 saturated heterocycles. The molecule has 1 heterocycles. The van der Waals surface area contributed by atoms with Crippen LogP contribution in [0.5, 0.6) is 0 Å². The van der Waals surface area contributed by atoms with E-state index < -0.39 is 0 Å². The van der Waals surface area contributed by atoms with E-state index in [9.17, 15) is 0 Å². The first-order valence-electron chi connectivity index (χ1n) is 5.90. The molecule has 0 bridgehead atoms. The molecule has 0 spiro atoms. The predicted octanol–water partition coefficient (Wildman–Crippen LogP) is 4.62. The maximum absolute atomic E-state index is 6.09. The summed E-state index contributed by atoms with van der Waals surface area (Å²) in [6.45, 7) is 2.33. The molecule has 1 fully saturated rings. The largest absolute Gasteiger partial charge is 0.371 e.